The second kappa shape index (κ2) is 28.0. The van der Waals surface area contributed by atoms with Gasteiger partial charge in [0, 0.05) is 86.3 Å². The number of aryl methyl sites for hydroxylation is 8. The fourth-order valence-electron chi connectivity index (χ4n) is 14.2. The maximum atomic E-state index is 5.28. The van der Waals surface area contributed by atoms with Crippen LogP contribution in [-0.4, -0.2) is 39.9 Å². The van der Waals surface area contributed by atoms with Crippen molar-refractivity contribution in [1.29, 1.82) is 0 Å². The van der Waals surface area contributed by atoms with E-state index in [1.807, 2.05) is 0 Å². The van der Waals surface area contributed by atoms with Crippen molar-refractivity contribution < 1.29 is 42.1 Å². The van der Waals surface area contributed by atoms with Crippen molar-refractivity contribution in [3.63, 3.8) is 0 Å². The molecule has 0 amide bonds. The zero-order valence-electron chi connectivity index (χ0n) is 52.4. The number of allylic oxidation sites excluding steroid dienone is 8. The molecule has 0 aromatic carbocycles. The number of hydrogen-bond donors (Lipinski definition) is 4. The second-order valence-corrected chi connectivity index (χ2v) is 21.8. The zero-order chi connectivity index (χ0) is 57.1. The molecule has 0 aliphatic carbocycles. The van der Waals surface area contributed by atoms with Gasteiger partial charge in [0.05, 0.1) is 45.6 Å². The first-order chi connectivity index (χ1) is 38.9. The Bertz CT molecular complexity index is 3370. The van der Waals surface area contributed by atoms with Crippen LogP contribution in [-0.2, 0) is 93.5 Å². The minimum Gasteiger partial charge on any atom is -0.355 e. The van der Waals surface area contributed by atoms with Crippen molar-refractivity contribution >= 4 is 88.7 Å². The van der Waals surface area contributed by atoms with Gasteiger partial charge in [0.25, 0.3) is 0 Å². The van der Waals surface area contributed by atoms with Gasteiger partial charge >= 0.3 is 0 Å². The van der Waals surface area contributed by atoms with E-state index in [4.69, 9.17) is 19.9 Å². The maximum Gasteiger partial charge on any atom is 0.0694 e. The molecule has 10 heteroatoms. The van der Waals surface area contributed by atoms with E-state index >= 15 is 0 Å². The molecule has 0 saturated heterocycles. The van der Waals surface area contributed by atoms with E-state index < -0.39 is 0 Å². The molecular weight excluding hydrogens is 1370 g/mol. The fraction of sp³-hybridized carbons (Fsp3) is 0.444. The summed E-state index contributed by atoms with van der Waals surface area (Å²) in [5, 5.41) is 0. The van der Waals surface area contributed by atoms with Crippen LogP contribution in [0.2, 0.25) is 0 Å². The molecule has 0 fully saturated rings. The number of fused-ring (bicyclic) bond motifs is 16. The van der Waals surface area contributed by atoms with Crippen molar-refractivity contribution in [1.82, 2.24) is 39.9 Å². The summed E-state index contributed by atoms with van der Waals surface area (Å²) in [4.78, 5) is 36.5. The number of rotatable bonds is 16. The largest absolute Gasteiger partial charge is 0.355 e. The van der Waals surface area contributed by atoms with Crippen molar-refractivity contribution in [2.75, 3.05) is 0 Å². The van der Waals surface area contributed by atoms with Crippen molar-refractivity contribution in [3.8, 4) is 0 Å². The molecule has 4 aliphatic heterocycles. The van der Waals surface area contributed by atoms with E-state index in [9.17, 15) is 0 Å². The third kappa shape index (κ3) is 11.6. The molecule has 0 saturated carbocycles. The molecule has 16 bridgehead atoms. The smallest absolute Gasteiger partial charge is 0.0694 e. The second-order valence-electron chi connectivity index (χ2n) is 21.8. The summed E-state index contributed by atoms with van der Waals surface area (Å²) < 4.78 is 0. The van der Waals surface area contributed by atoms with Crippen LogP contribution in [0.5, 0.6) is 0 Å². The Hall–Kier alpha value is -5.42. The van der Waals surface area contributed by atoms with Crippen LogP contribution in [0.1, 0.15) is 252 Å². The minimum atomic E-state index is 0. The molecule has 0 atom stereocenters. The van der Waals surface area contributed by atoms with Gasteiger partial charge in [-0.2, -0.15) is 0 Å². The molecule has 0 spiro atoms. The van der Waals surface area contributed by atoms with Crippen LogP contribution in [0.15, 0.2) is 48.5 Å². The van der Waals surface area contributed by atoms with Crippen LogP contribution in [0.25, 0.3) is 88.7 Å². The Kier molecular flexibility index (Phi) is 21.9. The van der Waals surface area contributed by atoms with Gasteiger partial charge in [-0.25, -0.2) is 19.9 Å². The summed E-state index contributed by atoms with van der Waals surface area (Å²) >= 11 is 0. The number of H-pyrrole nitrogens is 4. The zero-order valence-corrected chi connectivity index (χ0v) is 56.9. The quantitative estimate of drug-likeness (QED) is 0.0773. The van der Waals surface area contributed by atoms with Gasteiger partial charge in [0.2, 0.25) is 0 Å². The summed E-state index contributed by atoms with van der Waals surface area (Å²) in [5.41, 5.74) is 40.5. The van der Waals surface area contributed by atoms with Crippen LogP contribution in [0, 0.1) is 0 Å². The van der Waals surface area contributed by atoms with Crippen molar-refractivity contribution in [2.45, 2.75) is 214 Å². The molecule has 0 unspecified atom stereocenters. The third-order valence-electron chi connectivity index (χ3n) is 17.9. The van der Waals surface area contributed by atoms with E-state index in [0.29, 0.717) is 0 Å². The molecule has 6 aromatic rings. The monoisotopic (exact) mass is 1460 g/mol. The van der Waals surface area contributed by atoms with Gasteiger partial charge in [-0.05, 0) is 240 Å². The molecule has 6 aromatic heterocycles. The standard InChI is InChI=1S/2C36H46N4.2Pt/c2*1-9-21-22(10-2)30-18-32-25(13-5)26(14-6)34(39-32)20-36-28(16-8)27(15-7)35(40-36)19-33-24(12-4)23(11-3)31(38-33)17-29(21)37-30;;/h2*17-20,37-38H,9-16H2,1-8H3;;. The van der Waals surface area contributed by atoms with Gasteiger partial charge in [0.15, 0.2) is 0 Å². The number of hydrogen-bond acceptors (Lipinski definition) is 4. The Morgan fingerprint density at radius 3 is 0.463 bits per heavy atom. The van der Waals surface area contributed by atoms with E-state index in [2.05, 4.69) is 179 Å². The van der Waals surface area contributed by atoms with E-state index in [1.54, 1.807) is 0 Å². The summed E-state index contributed by atoms with van der Waals surface area (Å²) in [6.45, 7) is 36.2. The molecule has 82 heavy (non-hydrogen) atoms. The molecule has 10 rings (SSSR count). The van der Waals surface area contributed by atoms with Crippen molar-refractivity contribution in [2.24, 2.45) is 0 Å². The van der Waals surface area contributed by atoms with Crippen LogP contribution < -0.4 is 0 Å². The predicted molar refractivity (Wildman–Crippen MR) is 347 cm³/mol. The molecular formula is C72H92N8Pt2. The molecule has 4 N–H and O–H groups in total. The average Bonchev–Trinajstić information content (AvgIpc) is 4.55. The van der Waals surface area contributed by atoms with Crippen LogP contribution in [0.3, 0.4) is 0 Å². The van der Waals surface area contributed by atoms with Crippen LogP contribution in [0.4, 0.5) is 0 Å². The number of aromatic amines is 4. The summed E-state index contributed by atoms with van der Waals surface area (Å²) in [7, 11) is 0. The van der Waals surface area contributed by atoms with Gasteiger partial charge in [-0.1, -0.05) is 111 Å². The molecule has 0 radical (unpaired) electrons. The maximum absolute atomic E-state index is 5.28. The Morgan fingerprint density at radius 2 is 0.329 bits per heavy atom. The third-order valence-corrected chi connectivity index (χ3v) is 17.9. The average molecular weight is 1460 g/mol. The minimum absolute atomic E-state index is 0. The first-order valence-electron chi connectivity index (χ1n) is 31.4. The Morgan fingerprint density at radius 1 is 0.195 bits per heavy atom. The van der Waals surface area contributed by atoms with Gasteiger partial charge < -0.3 is 19.9 Å². The summed E-state index contributed by atoms with van der Waals surface area (Å²) in [5.74, 6) is 0. The summed E-state index contributed by atoms with van der Waals surface area (Å²) in [6.07, 6.45) is 15.7. The number of aromatic nitrogens is 8. The number of nitrogens with one attached hydrogen (secondary N) is 4. The van der Waals surface area contributed by atoms with E-state index in [-0.39, 0.29) is 42.1 Å². The van der Waals surface area contributed by atoms with E-state index in [1.165, 1.54) is 133 Å². The Balaban J connectivity index is 0.000000230. The van der Waals surface area contributed by atoms with Gasteiger partial charge in [-0.15, -0.1) is 0 Å². The van der Waals surface area contributed by atoms with Crippen molar-refractivity contribution in [3.05, 3.63) is 139 Å². The van der Waals surface area contributed by atoms with Gasteiger partial charge in [0.1, 0.15) is 0 Å². The first kappa shape index (κ1) is 64.1. The van der Waals surface area contributed by atoms with E-state index in [0.717, 1.165) is 148 Å². The first-order valence-corrected chi connectivity index (χ1v) is 31.4. The molecule has 8 nitrogen and oxygen atoms in total. The molecule has 440 valence electrons. The Labute approximate surface area is 519 Å². The predicted octanol–water partition coefficient (Wildman–Crippen LogP) is 20.0. The number of nitrogens with zero attached hydrogens (tertiary/aromatic N) is 4. The molecule has 10 heterocycles. The normalized spacial score (nSPS) is 13.3. The SMILES string of the molecule is CCC1=C(CC)c2cc3[nH]c(cc4[nH]c(cc5nc(cc1n2)C(CC)=C5CC)c(CC)c4CC)c(CC)c3CC.CCC1=C(CC)c2cc3[nH]c(cc4[nH]c(cc5nc(cc1n2)C(CC)=C5CC)c(CC)c4CC)c(CC)c3CC.[Pt].[Pt]. The topological polar surface area (TPSA) is 115 Å². The molecule has 4 aliphatic rings. The summed E-state index contributed by atoms with van der Waals surface area (Å²) in [6, 6.07) is 18.5. The fourth-order valence-corrected chi connectivity index (χ4v) is 14.2. The van der Waals surface area contributed by atoms with Crippen LogP contribution >= 0.6 is 0 Å². The van der Waals surface area contributed by atoms with Gasteiger partial charge in [-0.3, -0.25) is 0 Å².